The van der Waals surface area contributed by atoms with E-state index in [-0.39, 0.29) is 35.0 Å². The predicted octanol–water partition coefficient (Wildman–Crippen LogP) is 0.416. The molecule has 2 heterocycles. The lowest BCUT2D eigenvalue weighted by Crippen LogP contribution is -2.22. The van der Waals surface area contributed by atoms with Crippen LogP contribution < -0.4 is 10.6 Å². The molecule has 1 fully saturated rings. The third-order valence-electron chi connectivity index (χ3n) is 2.87. The zero-order valence-electron chi connectivity index (χ0n) is 10.9. The average molecular weight is 301 g/mol. The molecule has 1 unspecified atom stereocenters. The number of aromatic nitrogens is 2. The van der Waals surface area contributed by atoms with Gasteiger partial charge in [0.15, 0.2) is 9.84 Å². The molecular weight excluding hydrogens is 286 g/mol. The Bertz CT molecular complexity index is 618. The van der Waals surface area contributed by atoms with E-state index in [0.29, 0.717) is 13.0 Å². The summed E-state index contributed by atoms with van der Waals surface area (Å²) in [5, 5.41) is 16.6. The smallest absolute Gasteiger partial charge is 0.329 e. The minimum Gasteiger partial charge on any atom is -0.360 e. The standard InChI is InChI=1S/C10H15N5O4S/c1-2-11-10-12-5-8(15(16)17)9(14-10)13-7-3-4-20(18,19)6-7/h5,7H,2-4,6H2,1H3,(H2,11,12,13,14). The van der Waals surface area contributed by atoms with Gasteiger partial charge in [-0.25, -0.2) is 13.4 Å². The van der Waals surface area contributed by atoms with E-state index in [1.54, 1.807) is 0 Å². The lowest BCUT2D eigenvalue weighted by molar-refractivity contribution is -0.384. The third kappa shape index (κ3) is 3.32. The summed E-state index contributed by atoms with van der Waals surface area (Å²) in [6, 6.07) is -0.358. The van der Waals surface area contributed by atoms with Crippen LogP contribution >= 0.6 is 0 Å². The van der Waals surface area contributed by atoms with Crippen molar-refractivity contribution in [3.63, 3.8) is 0 Å². The molecule has 0 bridgehead atoms. The van der Waals surface area contributed by atoms with Crippen molar-refractivity contribution < 1.29 is 13.3 Å². The second-order valence-electron chi connectivity index (χ2n) is 4.46. The van der Waals surface area contributed by atoms with E-state index < -0.39 is 14.8 Å². The fraction of sp³-hybridized carbons (Fsp3) is 0.600. The van der Waals surface area contributed by atoms with Crippen molar-refractivity contribution in [2.75, 3.05) is 28.7 Å². The minimum absolute atomic E-state index is 0.0370. The molecule has 1 aliphatic heterocycles. The summed E-state index contributed by atoms with van der Waals surface area (Å²) in [7, 11) is -3.06. The number of nitro groups is 1. The van der Waals surface area contributed by atoms with Gasteiger partial charge in [-0.3, -0.25) is 10.1 Å². The lowest BCUT2D eigenvalue weighted by atomic mass is 10.2. The number of rotatable bonds is 5. The van der Waals surface area contributed by atoms with Gasteiger partial charge >= 0.3 is 5.69 Å². The van der Waals surface area contributed by atoms with E-state index in [9.17, 15) is 18.5 Å². The fourth-order valence-electron chi connectivity index (χ4n) is 1.96. The van der Waals surface area contributed by atoms with Gasteiger partial charge < -0.3 is 10.6 Å². The molecule has 2 rings (SSSR count). The molecule has 1 aromatic heterocycles. The van der Waals surface area contributed by atoms with Gasteiger partial charge in [0, 0.05) is 12.6 Å². The van der Waals surface area contributed by atoms with Crippen molar-refractivity contribution in [1.29, 1.82) is 0 Å². The van der Waals surface area contributed by atoms with Crippen LogP contribution in [-0.4, -0.2) is 47.4 Å². The molecule has 0 amide bonds. The number of nitrogens with zero attached hydrogens (tertiary/aromatic N) is 3. The Balaban J connectivity index is 2.24. The Morgan fingerprint density at radius 2 is 2.30 bits per heavy atom. The Morgan fingerprint density at radius 1 is 1.55 bits per heavy atom. The summed E-state index contributed by atoms with van der Waals surface area (Å²) >= 11 is 0. The first-order valence-corrected chi connectivity index (χ1v) is 7.95. The van der Waals surface area contributed by atoms with Gasteiger partial charge in [-0.05, 0) is 13.3 Å². The topological polar surface area (TPSA) is 127 Å². The van der Waals surface area contributed by atoms with Crippen molar-refractivity contribution >= 4 is 27.3 Å². The first-order chi connectivity index (χ1) is 9.41. The van der Waals surface area contributed by atoms with Crippen LogP contribution in [0.2, 0.25) is 0 Å². The Hall–Kier alpha value is -1.97. The van der Waals surface area contributed by atoms with E-state index in [4.69, 9.17) is 0 Å². The molecule has 2 N–H and O–H groups in total. The molecule has 0 radical (unpaired) electrons. The van der Waals surface area contributed by atoms with Gasteiger partial charge in [0.1, 0.15) is 6.20 Å². The molecule has 0 aromatic carbocycles. The fourth-order valence-corrected chi connectivity index (χ4v) is 3.63. The van der Waals surface area contributed by atoms with E-state index in [1.165, 1.54) is 0 Å². The summed E-state index contributed by atoms with van der Waals surface area (Å²) in [4.78, 5) is 18.2. The Labute approximate surface area is 115 Å². The van der Waals surface area contributed by atoms with Gasteiger partial charge in [-0.2, -0.15) is 4.98 Å². The molecule has 1 aromatic rings. The summed E-state index contributed by atoms with van der Waals surface area (Å²) < 4.78 is 22.8. The molecule has 10 heteroatoms. The molecule has 110 valence electrons. The summed E-state index contributed by atoms with van der Waals surface area (Å²) in [6.45, 7) is 2.43. The first kappa shape index (κ1) is 14.4. The predicted molar refractivity (Wildman–Crippen MR) is 73.5 cm³/mol. The first-order valence-electron chi connectivity index (χ1n) is 6.13. The maximum atomic E-state index is 11.4. The second kappa shape index (κ2) is 5.57. The average Bonchev–Trinajstić information content (AvgIpc) is 2.69. The summed E-state index contributed by atoms with van der Waals surface area (Å²) in [5.41, 5.74) is -0.268. The Kier molecular flexibility index (Phi) is 4.02. The van der Waals surface area contributed by atoms with Gasteiger partial charge in [0.25, 0.3) is 0 Å². The number of hydrogen-bond donors (Lipinski definition) is 2. The summed E-state index contributed by atoms with van der Waals surface area (Å²) in [6.07, 6.45) is 1.52. The van der Waals surface area contributed by atoms with Crippen LogP contribution in [0, 0.1) is 10.1 Å². The second-order valence-corrected chi connectivity index (χ2v) is 6.69. The van der Waals surface area contributed by atoms with E-state index in [2.05, 4.69) is 20.6 Å². The van der Waals surface area contributed by atoms with Gasteiger partial charge in [-0.1, -0.05) is 0 Å². The Morgan fingerprint density at radius 3 is 2.85 bits per heavy atom. The highest BCUT2D eigenvalue weighted by atomic mass is 32.2. The van der Waals surface area contributed by atoms with Crippen LogP contribution in [0.1, 0.15) is 13.3 Å². The quantitative estimate of drug-likeness (QED) is 0.591. The highest BCUT2D eigenvalue weighted by molar-refractivity contribution is 7.91. The molecule has 0 spiro atoms. The SMILES string of the molecule is CCNc1ncc([N+](=O)[O-])c(NC2CCS(=O)(=O)C2)n1. The minimum atomic E-state index is -3.06. The molecule has 20 heavy (non-hydrogen) atoms. The van der Waals surface area contributed by atoms with Crippen molar-refractivity contribution in [2.24, 2.45) is 0 Å². The third-order valence-corrected chi connectivity index (χ3v) is 4.64. The van der Waals surface area contributed by atoms with Gasteiger partial charge in [-0.15, -0.1) is 0 Å². The highest BCUT2D eigenvalue weighted by Gasteiger charge is 2.30. The molecule has 1 aliphatic rings. The number of sulfone groups is 1. The maximum Gasteiger partial charge on any atom is 0.329 e. The largest absolute Gasteiger partial charge is 0.360 e. The normalized spacial score (nSPS) is 20.6. The zero-order chi connectivity index (χ0) is 14.8. The van der Waals surface area contributed by atoms with Crippen molar-refractivity contribution in [3.8, 4) is 0 Å². The molecule has 9 nitrogen and oxygen atoms in total. The summed E-state index contributed by atoms with van der Waals surface area (Å²) in [5.74, 6) is 0.360. The van der Waals surface area contributed by atoms with Crippen molar-refractivity contribution in [3.05, 3.63) is 16.3 Å². The van der Waals surface area contributed by atoms with Crippen LogP contribution in [0.3, 0.4) is 0 Å². The van der Waals surface area contributed by atoms with Crippen molar-refractivity contribution in [1.82, 2.24) is 9.97 Å². The van der Waals surface area contributed by atoms with E-state index >= 15 is 0 Å². The monoisotopic (exact) mass is 301 g/mol. The number of anilines is 2. The molecule has 0 aliphatic carbocycles. The number of nitrogens with one attached hydrogen (secondary N) is 2. The van der Waals surface area contributed by atoms with Gasteiger partial charge in [0.2, 0.25) is 11.8 Å². The molecular formula is C10H15N5O4S. The van der Waals surface area contributed by atoms with Crippen molar-refractivity contribution in [2.45, 2.75) is 19.4 Å². The van der Waals surface area contributed by atoms with Crippen LogP contribution in [0.5, 0.6) is 0 Å². The maximum absolute atomic E-state index is 11.4. The molecule has 0 saturated carbocycles. The van der Waals surface area contributed by atoms with Crippen LogP contribution in [0.15, 0.2) is 6.20 Å². The zero-order valence-corrected chi connectivity index (χ0v) is 11.7. The molecule has 1 saturated heterocycles. The van der Waals surface area contributed by atoms with Crippen LogP contribution in [-0.2, 0) is 9.84 Å². The van der Waals surface area contributed by atoms with Crippen LogP contribution in [0.4, 0.5) is 17.5 Å². The highest BCUT2D eigenvalue weighted by Crippen LogP contribution is 2.25. The number of hydrogen-bond acceptors (Lipinski definition) is 8. The van der Waals surface area contributed by atoms with E-state index in [1.807, 2.05) is 6.92 Å². The lowest BCUT2D eigenvalue weighted by Gasteiger charge is -2.12. The van der Waals surface area contributed by atoms with Gasteiger partial charge in [0.05, 0.1) is 16.4 Å². The van der Waals surface area contributed by atoms with Crippen LogP contribution in [0.25, 0.3) is 0 Å². The van der Waals surface area contributed by atoms with E-state index in [0.717, 1.165) is 6.20 Å². The molecule has 1 atom stereocenters.